The first-order chi connectivity index (χ1) is 8.05. The third-order valence-electron chi connectivity index (χ3n) is 2.48. The van der Waals surface area contributed by atoms with E-state index < -0.39 is 10.0 Å². The van der Waals surface area contributed by atoms with Gasteiger partial charge in [-0.3, -0.25) is 0 Å². The minimum Gasteiger partial charge on any atom is -0.396 e. The largest absolute Gasteiger partial charge is 0.396 e. The van der Waals surface area contributed by atoms with Crippen molar-refractivity contribution >= 4 is 10.0 Å². The topological polar surface area (TPSA) is 66.4 Å². The Labute approximate surface area is 103 Å². The Morgan fingerprint density at radius 3 is 2.47 bits per heavy atom. The highest BCUT2D eigenvalue weighted by Crippen LogP contribution is 2.12. The first-order valence-electron chi connectivity index (χ1n) is 5.71. The van der Waals surface area contributed by atoms with Crippen LogP contribution in [-0.2, 0) is 10.0 Å². The highest BCUT2D eigenvalue weighted by atomic mass is 32.2. The van der Waals surface area contributed by atoms with E-state index in [1.54, 1.807) is 0 Å². The van der Waals surface area contributed by atoms with E-state index in [1.165, 1.54) is 0 Å². The smallest absolute Gasteiger partial charge is 0.212 e. The molecule has 17 heavy (non-hydrogen) atoms. The molecule has 0 aromatic heterocycles. The van der Waals surface area contributed by atoms with Crippen molar-refractivity contribution in [1.82, 2.24) is 4.72 Å². The summed E-state index contributed by atoms with van der Waals surface area (Å²) in [5.74, 6) is 0.0603. The lowest BCUT2D eigenvalue weighted by Crippen LogP contribution is -2.29. The molecule has 0 aliphatic heterocycles. The molecule has 4 nitrogen and oxygen atoms in total. The second-order valence-corrected chi connectivity index (χ2v) is 5.87. The van der Waals surface area contributed by atoms with Crippen LogP contribution in [0.2, 0.25) is 0 Å². The number of rotatable bonds is 7. The second kappa shape index (κ2) is 6.74. The molecule has 1 aromatic carbocycles. The van der Waals surface area contributed by atoms with Crippen molar-refractivity contribution in [3.05, 3.63) is 35.9 Å². The Morgan fingerprint density at radius 1 is 1.24 bits per heavy atom. The summed E-state index contributed by atoms with van der Waals surface area (Å²) < 4.78 is 26.0. The molecule has 0 saturated carbocycles. The van der Waals surface area contributed by atoms with E-state index in [2.05, 4.69) is 4.72 Å². The number of aliphatic hydroxyl groups is 1. The average Bonchev–Trinajstić information content (AvgIpc) is 2.30. The first-order valence-corrected chi connectivity index (χ1v) is 7.36. The van der Waals surface area contributed by atoms with E-state index in [-0.39, 0.29) is 18.4 Å². The van der Waals surface area contributed by atoms with Gasteiger partial charge in [0.1, 0.15) is 0 Å². The zero-order chi connectivity index (χ0) is 12.7. The highest BCUT2D eigenvalue weighted by Gasteiger charge is 2.14. The summed E-state index contributed by atoms with van der Waals surface area (Å²) in [7, 11) is -3.26. The van der Waals surface area contributed by atoms with Gasteiger partial charge in [0.15, 0.2) is 0 Å². The van der Waals surface area contributed by atoms with E-state index >= 15 is 0 Å². The van der Waals surface area contributed by atoms with Crippen LogP contribution in [0, 0.1) is 0 Å². The van der Waals surface area contributed by atoms with Gasteiger partial charge in [0.2, 0.25) is 10.0 Å². The Kier molecular flexibility index (Phi) is 5.61. The molecule has 96 valence electrons. The number of nitrogens with one attached hydrogen (secondary N) is 1. The van der Waals surface area contributed by atoms with Crippen LogP contribution in [0.4, 0.5) is 0 Å². The van der Waals surface area contributed by atoms with Gasteiger partial charge in [0, 0.05) is 12.6 Å². The van der Waals surface area contributed by atoms with Crippen molar-refractivity contribution in [2.45, 2.75) is 25.8 Å². The fourth-order valence-corrected chi connectivity index (χ4v) is 2.92. The molecule has 1 aromatic rings. The van der Waals surface area contributed by atoms with E-state index in [0.717, 1.165) is 5.56 Å². The Hall–Kier alpha value is -0.910. The molecule has 0 amide bonds. The SMILES string of the molecule is CC(NS(=O)(=O)CCCCO)c1ccccc1. The maximum absolute atomic E-state index is 11.7. The molecule has 1 rings (SSSR count). The molecule has 1 atom stereocenters. The van der Waals surface area contributed by atoms with Crippen molar-refractivity contribution in [3.63, 3.8) is 0 Å². The van der Waals surface area contributed by atoms with Gasteiger partial charge in [0.05, 0.1) is 5.75 Å². The van der Waals surface area contributed by atoms with Crippen molar-refractivity contribution < 1.29 is 13.5 Å². The minimum absolute atomic E-state index is 0.0315. The summed E-state index contributed by atoms with van der Waals surface area (Å²) in [6, 6.07) is 9.21. The number of sulfonamides is 1. The minimum atomic E-state index is -3.26. The second-order valence-electron chi connectivity index (χ2n) is 4.00. The van der Waals surface area contributed by atoms with Gasteiger partial charge in [-0.25, -0.2) is 13.1 Å². The monoisotopic (exact) mass is 257 g/mol. The quantitative estimate of drug-likeness (QED) is 0.726. The van der Waals surface area contributed by atoms with Crippen molar-refractivity contribution in [3.8, 4) is 0 Å². The van der Waals surface area contributed by atoms with E-state index in [0.29, 0.717) is 12.8 Å². The van der Waals surface area contributed by atoms with Gasteiger partial charge < -0.3 is 5.11 Å². The highest BCUT2D eigenvalue weighted by molar-refractivity contribution is 7.89. The number of unbranched alkanes of at least 4 members (excludes halogenated alkanes) is 1. The number of aliphatic hydroxyl groups excluding tert-OH is 1. The molecule has 0 radical (unpaired) electrons. The molecule has 1 unspecified atom stereocenters. The third kappa shape index (κ3) is 5.30. The van der Waals surface area contributed by atoms with Gasteiger partial charge in [-0.15, -0.1) is 0 Å². The zero-order valence-electron chi connectivity index (χ0n) is 9.96. The van der Waals surface area contributed by atoms with Crippen LogP contribution in [-0.4, -0.2) is 25.9 Å². The predicted octanol–water partition coefficient (Wildman–Crippen LogP) is 1.44. The summed E-state index contributed by atoms with van der Waals surface area (Å²) in [5.41, 5.74) is 0.943. The molecule has 0 bridgehead atoms. The van der Waals surface area contributed by atoms with E-state index in [4.69, 9.17) is 5.11 Å². The Bertz CT molecular complexity index is 417. The van der Waals surface area contributed by atoms with Crippen molar-refractivity contribution in [1.29, 1.82) is 0 Å². The molecule has 0 aliphatic carbocycles. The molecule has 0 aliphatic rings. The van der Waals surface area contributed by atoms with E-state index in [1.807, 2.05) is 37.3 Å². The summed E-state index contributed by atoms with van der Waals surface area (Å²) in [5, 5.41) is 8.61. The fraction of sp³-hybridized carbons (Fsp3) is 0.500. The molecule has 0 saturated heterocycles. The molecule has 2 N–H and O–H groups in total. The molecule has 5 heteroatoms. The summed E-state index contributed by atoms with van der Waals surface area (Å²) >= 11 is 0. The maximum atomic E-state index is 11.7. The Balaban J connectivity index is 2.53. The lowest BCUT2D eigenvalue weighted by atomic mass is 10.1. The molecule has 0 fully saturated rings. The van der Waals surface area contributed by atoms with E-state index in [9.17, 15) is 8.42 Å². The van der Waals surface area contributed by atoms with Gasteiger partial charge in [-0.1, -0.05) is 30.3 Å². The third-order valence-corrected chi connectivity index (χ3v) is 4.02. The maximum Gasteiger partial charge on any atom is 0.212 e. The number of benzene rings is 1. The van der Waals surface area contributed by atoms with Crippen LogP contribution in [0.3, 0.4) is 0 Å². The van der Waals surface area contributed by atoms with Gasteiger partial charge in [0.25, 0.3) is 0 Å². The van der Waals surface area contributed by atoms with Crippen molar-refractivity contribution in [2.75, 3.05) is 12.4 Å². The summed E-state index contributed by atoms with van der Waals surface area (Å²) in [4.78, 5) is 0. The van der Waals surface area contributed by atoms with Crippen LogP contribution in [0.5, 0.6) is 0 Å². The number of hydrogen-bond donors (Lipinski definition) is 2. The molecule has 0 heterocycles. The van der Waals surface area contributed by atoms with Crippen LogP contribution in [0.1, 0.15) is 31.4 Å². The lowest BCUT2D eigenvalue weighted by Gasteiger charge is -2.14. The van der Waals surface area contributed by atoms with Crippen LogP contribution in [0.25, 0.3) is 0 Å². The van der Waals surface area contributed by atoms with Gasteiger partial charge >= 0.3 is 0 Å². The normalized spacial score (nSPS) is 13.5. The van der Waals surface area contributed by atoms with Crippen molar-refractivity contribution in [2.24, 2.45) is 0 Å². The predicted molar refractivity (Wildman–Crippen MR) is 68.1 cm³/mol. The van der Waals surface area contributed by atoms with Gasteiger partial charge in [-0.2, -0.15) is 0 Å². The van der Waals surface area contributed by atoms with Gasteiger partial charge in [-0.05, 0) is 25.3 Å². The van der Waals surface area contributed by atoms with Crippen LogP contribution in [0.15, 0.2) is 30.3 Å². The van der Waals surface area contributed by atoms with Crippen LogP contribution >= 0.6 is 0 Å². The number of hydrogen-bond acceptors (Lipinski definition) is 3. The molecular formula is C12H19NO3S. The molecule has 0 spiro atoms. The first kappa shape index (κ1) is 14.2. The lowest BCUT2D eigenvalue weighted by molar-refractivity contribution is 0.287. The molecular weight excluding hydrogens is 238 g/mol. The van der Waals surface area contributed by atoms with Crippen LogP contribution < -0.4 is 4.72 Å². The summed E-state index contributed by atoms with van der Waals surface area (Å²) in [6.07, 6.45) is 0.994. The fourth-order valence-electron chi connectivity index (χ4n) is 1.54. The summed E-state index contributed by atoms with van der Waals surface area (Å²) in [6.45, 7) is 1.85. The Morgan fingerprint density at radius 2 is 1.88 bits per heavy atom. The standard InChI is InChI=1S/C12H19NO3S/c1-11(12-7-3-2-4-8-12)13-17(15,16)10-6-5-9-14/h2-4,7-8,11,13-14H,5-6,9-10H2,1H3. The zero-order valence-corrected chi connectivity index (χ0v) is 10.8. The average molecular weight is 257 g/mol.